The van der Waals surface area contributed by atoms with Gasteiger partial charge in [0.1, 0.15) is 0 Å². The highest BCUT2D eigenvalue weighted by Crippen LogP contribution is 2.46. The lowest BCUT2D eigenvalue weighted by Gasteiger charge is -2.43. The fraction of sp³-hybridized carbons (Fsp3) is 0.259. The second-order valence-electron chi connectivity index (χ2n) is 8.65. The van der Waals surface area contributed by atoms with Gasteiger partial charge < -0.3 is 4.84 Å². The zero-order chi connectivity index (χ0) is 23.0. The van der Waals surface area contributed by atoms with E-state index in [1.807, 2.05) is 66.7 Å². The van der Waals surface area contributed by atoms with Crippen LogP contribution in [0.25, 0.3) is 0 Å². The number of benzene rings is 3. The van der Waals surface area contributed by atoms with Crippen molar-refractivity contribution in [2.75, 3.05) is 13.1 Å². The summed E-state index contributed by atoms with van der Waals surface area (Å²) in [6.45, 7) is 3.27. The van der Waals surface area contributed by atoms with Crippen molar-refractivity contribution in [2.45, 2.75) is 30.9 Å². The minimum atomic E-state index is -1.14. The topological polar surface area (TPSA) is 41.9 Å². The SMILES string of the molecule is C[C@H](c1ccccc1)N1CCC(=O)C2(C1)ON=C(c1ccc(Cl)cc1)[C@H]2c1ccccc1Cl. The highest BCUT2D eigenvalue weighted by Gasteiger charge is 2.58. The van der Waals surface area contributed by atoms with Crippen LogP contribution in [0.1, 0.15) is 42.0 Å². The van der Waals surface area contributed by atoms with Gasteiger partial charge in [0.2, 0.25) is 5.60 Å². The maximum atomic E-state index is 13.6. The molecule has 1 fully saturated rings. The molecule has 0 saturated carbocycles. The number of likely N-dealkylation sites (tertiary alicyclic amines) is 1. The Bertz CT molecular complexity index is 1200. The molecule has 1 spiro atoms. The molecule has 2 aliphatic heterocycles. The minimum Gasteiger partial charge on any atom is -0.378 e. The Morgan fingerprint density at radius 3 is 2.42 bits per heavy atom. The third kappa shape index (κ3) is 3.97. The molecule has 33 heavy (non-hydrogen) atoms. The Morgan fingerprint density at radius 2 is 1.70 bits per heavy atom. The van der Waals surface area contributed by atoms with Crippen molar-refractivity contribution >= 4 is 34.7 Å². The lowest BCUT2D eigenvalue weighted by molar-refractivity contribution is -0.153. The number of hydrogen-bond donors (Lipinski definition) is 0. The molecule has 3 aromatic carbocycles. The molecule has 0 N–H and O–H groups in total. The molecule has 4 nitrogen and oxygen atoms in total. The second kappa shape index (κ2) is 8.94. The van der Waals surface area contributed by atoms with Crippen molar-refractivity contribution in [2.24, 2.45) is 5.16 Å². The smallest absolute Gasteiger partial charge is 0.220 e. The van der Waals surface area contributed by atoms with E-state index in [-0.39, 0.29) is 11.8 Å². The van der Waals surface area contributed by atoms with Gasteiger partial charge in [-0.3, -0.25) is 9.69 Å². The number of carbonyl (C=O) groups excluding carboxylic acids is 1. The first kappa shape index (κ1) is 22.1. The van der Waals surface area contributed by atoms with Crippen LogP contribution < -0.4 is 0 Å². The van der Waals surface area contributed by atoms with E-state index in [4.69, 9.17) is 28.0 Å². The molecule has 0 aromatic heterocycles. The van der Waals surface area contributed by atoms with Crippen LogP contribution in [0.5, 0.6) is 0 Å². The van der Waals surface area contributed by atoms with Gasteiger partial charge in [-0.15, -0.1) is 0 Å². The molecule has 2 heterocycles. The maximum absolute atomic E-state index is 13.6. The van der Waals surface area contributed by atoms with Gasteiger partial charge >= 0.3 is 0 Å². The van der Waals surface area contributed by atoms with E-state index >= 15 is 0 Å². The molecule has 0 bridgehead atoms. The number of oxime groups is 1. The summed E-state index contributed by atoms with van der Waals surface area (Å²) in [4.78, 5) is 22.0. The average molecular weight is 479 g/mol. The summed E-state index contributed by atoms with van der Waals surface area (Å²) < 4.78 is 0. The number of ketones is 1. The minimum absolute atomic E-state index is 0.0524. The van der Waals surface area contributed by atoms with Gasteiger partial charge in [0.05, 0.1) is 11.6 Å². The first-order valence-corrected chi connectivity index (χ1v) is 11.8. The van der Waals surface area contributed by atoms with Crippen LogP contribution in [0.15, 0.2) is 84.0 Å². The summed E-state index contributed by atoms with van der Waals surface area (Å²) in [5, 5.41) is 5.73. The maximum Gasteiger partial charge on any atom is 0.220 e. The number of halogens is 2. The van der Waals surface area contributed by atoms with E-state index in [2.05, 4.69) is 29.1 Å². The molecule has 1 unspecified atom stereocenters. The molecule has 0 aliphatic carbocycles. The molecule has 3 atom stereocenters. The van der Waals surface area contributed by atoms with Crippen LogP contribution in [0.4, 0.5) is 0 Å². The Morgan fingerprint density at radius 1 is 1.00 bits per heavy atom. The van der Waals surface area contributed by atoms with E-state index in [0.29, 0.717) is 35.3 Å². The third-order valence-electron chi connectivity index (χ3n) is 6.77. The first-order valence-electron chi connectivity index (χ1n) is 11.1. The summed E-state index contributed by atoms with van der Waals surface area (Å²) in [6, 6.07) is 25.5. The van der Waals surface area contributed by atoms with Crippen LogP contribution >= 0.6 is 23.2 Å². The zero-order valence-corrected chi connectivity index (χ0v) is 19.8. The highest BCUT2D eigenvalue weighted by atomic mass is 35.5. The normalized spacial score (nSPS) is 23.9. The fourth-order valence-electron chi connectivity index (χ4n) is 4.94. The standard InChI is InChI=1S/C27H24Cl2N2O2/c1-18(19-7-3-2-4-8-19)31-16-15-24(32)27(17-31)25(22-9-5-6-10-23(22)29)26(30-33-27)20-11-13-21(28)14-12-20/h2-14,18,25H,15-17H2,1H3/t18-,25-,27?/m1/s1. The van der Waals surface area contributed by atoms with Crippen LogP contribution in [0.2, 0.25) is 10.0 Å². The summed E-state index contributed by atoms with van der Waals surface area (Å²) in [5.41, 5.74) is 2.46. The van der Waals surface area contributed by atoms with E-state index in [0.717, 1.165) is 11.1 Å². The van der Waals surface area contributed by atoms with E-state index in [1.54, 1.807) is 0 Å². The van der Waals surface area contributed by atoms with Crippen LogP contribution in [-0.2, 0) is 9.63 Å². The van der Waals surface area contributed by atoms with Gasteiger partial charge in [-0.05, 0) is 36.2 Å². The summed E-state index contributed by atoms with van der Waals surface area (Å²) in [7, 11) is 0. The molecule has 0 radical (unpaired) electrons. The van der Waals surface area contributed by atoms with Crippen molar-refractivity contribution < 1.29 is 9.63 Å². The van der Waals surface area contributed by atoms with Crippen LogP contribution in [0.3, 0.4) is 0 Å². The Kier molecular flexibility index (Phi) is 6.00. The van der Waals surface area contributed by atoms with Crippen molar-refractivity contribution in [1.29, 1.82) is 0 Å². The molecule has 0 amide bonds. The molecular weight excluding hydrogens is 455 g/mol. The highest BCUT2D eigenvalue weighted by molar-refractivity contribution is 6.32. The van der Waals surface area contributed by atoms with Gasteiger partial charge in [-0.1, -0.05) is 89.0 Å². The number of Topliss-reactive ketones (excluding diaryl/α,β-unsaturated/α-hetero) is 1. The predicted molar refractivity (Wildman–Crippen MR) is 132 cm³/mol. The van der Waals surface area contributed by atoms with E-state index < -0.39 is 11.5 Å². The predicted octanol–water partition coefficient (Wildman–Crippen LogP) is 6.29. The van der Waals surface area contributed by atoms with Crippen LogP contribution in [0, 0.1) is 0 Å². The molecule has 3 aromatic rings. The van der Waals surface area contributed by atoms with Gasteiger partial charge in [0, 0.05) is 41.2 Å². The van der Waals surface area contributed by atoms with E-state index in [9.17, 15) is 4.79 Å². The van der Waals surface area contributed by atoms with Crippen molar-refractivity contribution in [1.82, 2.24) is 4.90 Å². The van der Waals surface area contributed by atoms with Gasteiger partial charge in [-0.2, -0.15) is 0 Å². The van der Waals surface area contributed by atoms with E-state index in [1.165, 1.54) is 5.56 Å². The Hall–Kier alpha value is -2.66. The number of piperidine rings is 1. The van der Waals surface area contributed by atoms with Crippen molar-refractivity contribution in [3.8, 4) is 0 Å². The zero-order valence-electron chi connectivity index (χ0n) is 18.2. The first-order chi connectivity index (χ1) is 16.0. The van der Waals surface area contributed by atoms with Gasteiger partial charge in [-0.25, -0.2) is 0 Å². The largest absolute Gasteiger partial charge is 0.378 e. The molecule has 6 heteroatoms. The quantitative estimate of drug-likeness (QED) is 0.442. The summed E-state index contributed by atoms with van der Waals surface area (Å²) >= 11 is 12.8. The molecule has 168 valence electrons. The molecule has 5 rings (SSSR count). The monoisotopic (exact) mass is 478 g/mol. The lowest BCUT2D eigenvalue weighted by Crippen LogP contribution is -2.58. The van der Waals surface area contributed by atoms with Crippen molar-refractivity contribution in [3.63, 3.8) is 0 Å². The molecule has 1 saturated heterocycles. The number of rotatable bonds is 4. The van der Waals surface area contributed by atoms with Crippen LogP contribution in [-0.4, -0.2) is 35.1 Å². The number of carbonyl (C=O) groups is 1. The Labute approximate surface area is 203 Å². The van der Waals surface area contributed by atoms with Gasteiger partial charge in [0.15, 0.2) is 5.78 Å². The molecule has 2 aliphatic rings. The second-order valence-corrected chi connectivity index (χ2v) is 9.49. The Balaban J connectivity index is 1.58. The average Bonchev–Trinajstić information content (AvgIpc) is 3.21. The fourth-order valence-corrected chi connectivity index (χ4v) is 5.31. The summed E-state index contributed by atoms with van der Waals surface area (Å²) in [6.07, 6.45) is 0.390. The molecular formula is C27H24Cl2N2O2. The lowest BCUT2D eigenvalue weighted by atomic mass is 9.72. The number of nitrogens with zero attached hydrogens (tertiary/aromatic N) is 2. The third-order valence-corrected chi connectivity index (χ3v) is 7.36. The van der Waals surface area contributed by atoms with Gasteiger partial charge in [0.25, 0.3) is 0 Å². The number of hydrogen-bond acceptors (Lipinski definition) is 4. The van der Waals surface area contributed by atoms with Crippen molar-refractivity contribution in [3.05, 3.63) is 106 Å². The summed E-state index contributed by atoms with van der Waals surface area (Å²) in [5.74, 6) is -0.373.